The van der Waals surface area contributed by atoms with Crippen LogP contribution in [0.15, 0.2) is 53.6 Å². The fourth-order valence-corrected chi connectivity index (χ4v) is 2.42. The molecule has 0 bridgehead atoms. The summed E-state index contributed by atoms with van der Waals surface area (Å²) in [6, 6.07) is 7.59. The van der Waals surface area contributed by atoms with E-state index in [-0.39, 0.29) is 24.7 Å². The number of ether oxygens (including phenoxy) is 1. The summed E-state index contributed by atoms with van der Waals surface area (Å²) in [4.78, 5) is 28.6. The molecule has 1 N–H and O–H groups in total. The van der Waals surface area contributed by atoms with Gasteiger partial charge in [-0.15, -0.1) is 0 Å². The number of rotatable bonds is 6. The van der Waals surface area contributed by atoms with Crippen molar-refractivity contribution in [1.29, 1.82) is 0 Å². The molecule has 144 valence electrons. The number of halogens is 2. The van der Waals surface area contributed by atoms with Crippen LogP contribution in [-0.4, -0.2) is 27.3 Å². The van der Waals surface area contributed by atoms with Gasteiger partial charge in [0.2, 0.25) is 11.3 Å². The lowest BCUT2D eigenvalue weighted by atomic mass is 10.2. The fourth-order valence-electron chi connectivity index (χ4n) is 2.42. The minimum atomic E-state index is -1.09. The van der Waals surface area contributed by atoms with E-state index in [1.807, 2.05) is 0 Å². The Kier molecular flexibility index (Phi) is 5.73. The van der Waals surface area contributed by atoms with Gasteiger partial charge in [0.1, 0.15) is 0 Å². The summed E-state index contributed by atoms with van der Waals surface area (Å²) in [6.45, 7) is 2.06. The molecule has 0 fully saturated rings. The third-order valence-corrected chi connectivity index (χ3v) is 3.75. The van der Waals surface area contributed by atoms with Gasteiger partial charge in [0.05, 0.1) is 18.4 Å². The van der Waals surface area contributed by atoms with E-state index >= 15 is 0 Å². The first kappa shape index (κ1) is 19.2. The van der Waals surface area contributed by atoms with E-state index in [2.05, 4.69) is 15.4 Å². The molecule has 0 atom stereocenters. The van der Waals surface area contributed by atoms with Gasteiger partial charge in [0.15, 0.2) is 17.3 Å². The topological polar surface area (TPSA) is 86.1 Å². The highest BCUT2D eigenvalue weighted by Crippen LogP contribution is 2.18. The van der Waals surface area contributed by atoms with Crippen LogP contribution in [0.3, 0.4) is 0 Å². The van der Waals surface area contributed by atoms with Crippen LogP contribution in [0.2, 0.25) is 0 Å². The van der Waals surface area contributed by atoms with Crippen LogP contribution in [0.5, 0.6) is 5.88 Å². The Bertz CT molecular complexity index is 1050. The molecule has 2 heterocycles. The molecule has 0 saturated heterocycles. The average Bonchev–Trinajstić information content (AvgIpc) is 2.69. The summed E-state index contributed by atoms with van der Waals surface area (Å²) in [7, 11) is 0. The van der Waals surface area contributed by atoms with E-state index < -0.39 is 28.7 Å². The second-order valence-corrected chi connectivity index (χ2v) is 5.68. The number of pyridine rings is 1. The first-order chi connectivity index (χ1) is 13.5. The summed E-state index contributed by atoms with van der Waals surface area (Å²) in [5, 5.41) is 6.60. The number of carbonyl (C=O) groups excluding carboxylic acids is 1. The second kappa shape index (κ2) is 8.38. The second-order valence-electron chi connectivity index (χ2n) is 5.68. The number of hydrogen-bond donors (Lipinski definition) is 1. The maximum Gasteiger partial charge on any atom is 0.276 e. The Labute approximate surface area is 158 Å². The molecule has 1 amide bonds. The number of carbonyl (C=O) groups is 1. The average molecular weight is 386 g/mol. The molecule has 0 radical (unpaired) electrons. The van der Waals surface area contributed by atoms with Crippen LogP contribution in [0.4, 0.5) is 8.78 Å². The van der Waals surface area contributed by atoms with E-state index in [4.69, 9.17) is 4.74 Å². The van der Waals surface area contributed by atoms with Crippen molar-refractivity contribution in [3.05, 3.63) is 81.9 Å². The van der Waals surface area contributed by atoms with E-state index in [0.717, 1.165) is 28.4 Å². The molecule has 0 spiro atoms. The van der Waals surface area contributed by atoms with Crippen LogP contribution >= 0.6 is 0 Å². The number of amides is 1. The quantitative estimate of drug-likeness (QED) is 0.702. The van der Waals surface area contributed by atoms with Gasteiger partial charge in [0, 0.05) is 25.0 Å². The van der Waals surface area contributed by atoms with Crippen molar-refractivity contribution in [3.8, 4) is 11.6 Å². The Morgan fingerprint density at radius 2 is 1.89 bits per heavy atom. The van der Waals surface area contributed by atoms with Crippen LogP contribution < -0.4 is 15.5 Å². The van der Waals surface area contributed by atoms with Crippen molar-refractivity contribution < 1.29 is 18.3 Å². The molecule has 0 unspecified atom stereocenters. The van der Waals surface area contributed by atoms with Gasteiger partial charge < -0.3 is 10.1 Å². The monoisotopic (exact) mass is 386 g/mol. The van der Waals surface area contributed by atoms with Crippen molar-refractivity contribution in [1.82, 2.24) is 20.1 Å². The number of nitrogens with zero attached hydrogens (tertiary/aromatic N) is 3. The normalized spacial score (nSPS) is 10.5. The molecule has 0 aliphatic rings. The van der Waals surface area contributed by atoms with E-state index in [9.17, 15) is 18.4 Å². The molecule has 1 aromatic carbocycles. The summed E-state index contributed by atoms with van der Waals surface area (Å²) < 4.78 is 33.3. The maximum absolute atomic E-state index is 13.6. The van der Waals surface area contributed by atoms with Crippen LogP contribution in [0.1, 0.15) is 23.0 Å². The smallest absolute Gasteiger partial charge is 0.276 e. The van der Waals surface area contributed by atoms with E-state index in [1.165, 1.54) is 6.07 Å². The molecule has 3 rings (SSSR count). The first-order valence-corrected chi connectivity index (χ1v) is 8.39. The molecule has 0 aliphatic heterocycles. The zero-order chi connectivity index (χ0) is 20.1. The SMILES string of the molecule is CCOc1cc(=O)c(C(=O)NCc2ccncc2)nn1-c1ccc(F)c(F)c1. The molecule has 0 saturated carbocycles. The molecule has 9 heteroatoms. The summed E-state index contributed by atoms with van der Waals surface area (Å²) in [5.41, 5.74) is -0.169. The highest BCUT2D eigenvalue weighted by Gasteiger charge is 2.18. The molecule has 2 aromatic heterocycles. The largest absolute Gasteiger partial charge is 0.478 e. The van der Waals surface area contributed by atoms with Gasteiger partial charge in [-0.1, -0.05) is 0 Å². The third-order valence-electron chi connectivity index (χ3n) is 3.75. The molecule has 7 nitrogen and oxygen atoms in total. The number of hydrogen-bond acceptors (Lipinski definition) is 5. The highest BCUT2D eigenvalue weighted by molar-refractivity contribution is 5.92. The standard InChI is InChI=1S/C19H16F2N4O3/c1-2-28-17-10-16(26)18(19(27)23-11-12-5-7-22-8-6-12)24-25(17)13-3-4-14(20)15(21)9-13/h3-10H,2,11H2,1H3,(H,23,27). The predicted octanol–water partition coefficient (Wildman–Crippen LogP) is 2.23. The Morgan fingerprint density at radius 3 is 2.57 bits per heavy atom. The highest BCUT2D eigenvalue weighted by atomic mass is 19.2. The van der Waals surface area contributed by atoms with Gasteiger partial charge in [0.25, 0.3) is 5.91 Å². The van der Waals surface area contributed by atoms with Crippen molar-refractivity contribution in [2.45, 2.75) is 13.5 Å². The zero-order valence-electron chi connectivity index (χ0n) is 14.9. The Balaban J connectivity index is 1.96. The first-order valence-electron chi connectivity index (χ1n) is 8.39. The van der Waals surface area contributed by atoms with Crippen molar-refractivity contribution >= 4 is 5.91 Å². The lowest BCUT2D eigenvalue weighted by Gasteiger charge is -2.14. The van der Waals surface area contributed by atoms with E-state index in [0.29, 0.717) is 0 Å². The summed E-state index contributed by atoms with van der Waals surface area (Å²) in [5.74, 6) is -2.83. The Hall–Kier alpha value is -3.62. The number of benzene rings is 1. The molecular weight excluding hydrogens is 370 g/mol. The Morgan fingerprint density at radius 1 is 1.14 bits per heavy atom. The van der Waals surface area contributed by atoms with E-state index in [1.54, 1.807) is 31.5 Å². The van der Waals surface area contributed by atoms with Gasteiger partial charge in [-0.3, -0.25) is 14.6 Å². The van der Waals surface area contributed by atoms with Crippen molar-refractivity contribution in [2.75, 3.05) is 6.61 Å². The number of aromatic nitrogens is 3. The van der Waals surface area contributed by atoms with Gasteiger partial charge in [-0.25, -0.2) is 13.5 Å². The predicted molar refractivity (Wildman–Crippen MR) is 96.3 cm³/mol. The molecule has 28 heavy (non-hydrogen) atoms. The lowest BCUT2D eigenvalue weighted by Crippen LogP contribution is -2.31. The van der Waals surface area contributed by atoms with Gasteiger partial charge >= 0.3 is 0 Å². The van der Waals surface area contributed by atoms with Crippen LogP contribution in [0.25, 0.3) is 5.69 Å². The minimum Gasteiger partial charge on any atom is -0.478 e. The van der Waals surface area contributed by atoms with Crippen molar-refractivity contribution in [2.24, 2.45) is 0 Å². The summed E-state index contributed by atoms with van der Waals surface area (Å²) in [6.07, 6.45) is 3.15. The van der Waals surface area contributed by atoms with Gasteiger partial charge in [-0.2, -0.15) is 5.10 Å². The number of nitrogens with one attached hydrogen (secondary N) is 1. The molecule has 3 aromatic rings. The maximum atomic E-state index is 13.6. The van der Waals surface area contributed by atoms with Gasteiger partial charge in [-0.05, 0) is 36.8 Å². The van der Waals surface area contributed by atoms with Crippen molar-refractivity contribution in [3.63, 3.8) is 0 Å². The lowest BCUT2D eigenvalue weighted by molar-refractivity contribution is 0.0942. The van der Waals surface area contributed by atoms with Crippen LogP contribution in [0, 0.1) is 11.6 Å². The third kappa shape index (κ3) is 4.20. The summed E-state index contributed by atoms with van der Waals surface area (Å²) >= 11 is 0. The zero-order valence-corrected chi connectivity index (χ0v) is 14.9. The van der Waals surface area contributed by atoms with Crippen LogP contribution in [-0.2, 0) is 6.54 Å². The fraction of sp³-hybridized carbons (Fsp3) is 0.158. The molecule has 0 aliphatic carbocycles. The molecular formula is C19H16F2N4O3. The minimum absolute atomic E-state index is 0.00388.